The maximum atomic E-state index is 9.20. The number of hydrogen-bond donors (Lipinski definition) is 2. The van der Waals surface area contributed by atoms with Gasteiger partial charge < -0.3 is 10.8 Å². The van der Waals surface area contributed by atoms with E-state index in [1.807, 2.05) is 0 Å². The number of anilines is 1. The summed E-state index contributed by atoms with van der Waals surface area (Å²) in [7, 11) is 0. The fourth-order valence-corrected chi connectivity index (χ4v) is 2.02. The molecule has 0 aliphatic heterocycles. The van der Waals surface area contributed by atoms with Crippen molar-refractivity contribution in [3.8, 4) is 5.75 Å². The average molecular weight is 346 g/mol. The van der Waals surface area contributed by atoms with E-state index in [1.165, 1.54) is 6.07 Å². The lowest BCUT2D eigenvalue weighted by atomic mass is 10.3. The van der Waals surface area contributed by atoms with Gasteiger partial charge >= 0.3 is 0 Å². The predicted octanol–water partition coefficient (Wildman–Crippen LogP) is 3.26. The Balaban J connectivity index is 3.46. The number of nitrogen functional groups attached to an aromatic ring is 1. The molecule has 0 spiro atoms. The second kappa shape index (κ2) is 3.33. The Morgan fingerprint density at radius 2 is 1.73 bits per heavy atom. The summed E-state index contributed by atoms with van der Waals surface area (Å²) >= 11 is 9.74. The van der Waals surface area contributed by atoms with Crippen molar-refractivity contribution in [3.63, 3.8) is 0 Å². The molecule has 2 nitrogen and oxygen atoms in total. The van der Waals surface area contributed by atoms with Gasteiger partial charge in [-0.3, -0.25) is 0 Å². The summed E-state index contributed by atoms with van der Waals surface area (Å²) < 4.78 is 2.22. The molecule has 0 bridgehead atoms. The van der Waals surface area contributed by atoms with E-state index in [0.29, 0.717) is 10.2 Å². The second-order valence-corrected chi connectivity index (χ2v) is 4.36. The molecule has 0 aromatic heterocycles. The minimum atomic E-state index is 0.0620. The quantitative estimate of drug-likeness (QED) is 0.431. The van der Waals surface area contributed by atoms with E-state index in [1.54, 1.807) is 0 Å². The summed E-state index contributed by atoms with van der Waals surface area (Å²) in [6.07, 6.45) is 0. The Bertz CT molecular complexity index is 274. The Hall–Kier alpha value is 0.260. The molecule has 0 aliphatic rings. The van der Waals surface area contributed by atoms with E-state index in [2.05, 4.69) is 47.8 Å². The van der Waals surface area contributed by atoms with Crippen LogP contribution in [0.5, 0.6) is 5.75 Å². The molecule has 1 aromatic rings. The van der Waals surface area contributed by atoms with Gasteiger partial charge in [0.1, 0.15) is 5.75 Å². The van der Waals surface area contributed by atoms with Crippen molar-refractivity contribution in [2.45, 2.75) is 0 Å². The van der Waals surface area contributed by atoms with Crippen molar-refractivity contribution in [1.29, 1.82) is 0 Å². The molecule has 5 heteroatoms. The van der Waals surface area contributed by atoms with Crippen molar-refractivity contribution < 1.29 is 5.11 Å². The largest absolute Gasteiger partial charge is 0.506 e. The topological polar surface area (TPSA) is 46.2 Å². The van der Waals surface area contributed by atoms with Gasteiger partial charge in [0.05, 0.1) is 10.2 Å². The average Bonchev–Trinajstić information content (AvgIpc) is 1.97. The lowest BCUT2D eigenvalue weighted by Crippen LogP contribution is -1.88. The highest BCUT2D eigenvalue weighted by atomic mass is 79.9. The Morgan fingerprint density at radius 1 is 1.18 bits per heavy atom. The van der Waals surface area contributed by atoms with Crippen LogP contribution < -0.4 is 5.73 Å². The molecule has 0 radical (unpaired) electrons. The lowest BCUT2D eigenvalue weighted by molar-refractivity contribution is 0.477. The molecule has 0 saturated carbocycles. The van der Waals surface area contributed by atoms with Crippen LogP contribution in [0.1, 0.15) is 0 Å². The maximum absolute atomic E-state index is 9.20. The summed E-state index contributed by atoms with van der Waals surface area (Å²) in [5.74, 6) is 0.0620. The first-order valence-electron chi connectivity index (χ1n) is 2.66. The van der Waals surface area contributed by atoms with Crippen LogP contribution >= 0.6 is 47.8 Å². The minimum Gasteiger partial charge on any atom is -0.506 e. The zero-order chi connectivity index (χ0) is 8.59. The molecular weight excluding hydrogens is 342 g/mol. The smallest absolute Gasteiger partial charge is 0.140 e. The van der Waals surface area contributed by atoms with Gasteiger partial charge in [-0.05, 0) is 53.9 Å². The molecule has 11 heavy (non-hydrogen) atoms. The lowest BCUT2D eigenvalue weighted by Gasteiger charge is -2.05. The van der Waals surface area contributed by atoms with E-state index < -0.39 is 0 Å². The normalized spacial score (nSPS) is 10.1. The third-order valence-electron chi connectivity index (χ3n) is 1.18. The zero-order valence-corrected chi connectivity index (χ0v) is 9.99. The van der Waals surface area contributed by atoms with E-state index in [9.17, 15) is 5.11 Å². The molecule has 0 aliphatic carbocycles. The SMILES string of the molecule is Nc1c(O)cc(Br)c(Br)c1Br. The number of rotatable bonds is 0. The molecule has 3 N–H and O–H groups in total. The van der Waals surface area contributed by atoms with Gasteiger partial charge in [-0.15, -0.1) is 0 Å². The highest BCUT2D eigenvalue weighted by molar-refractivity contribution is 9.14. The third kappa shape index (κ3) is 1.71. The number of hydrogen-bond acceptors (Lipinski definition) is 2. The molecule has 1 rings (SSSR count). The van der Waals surface area contributed by atoms with Crippen LogP contribution in [-0.4, -0.2) is 5.11 Å². The third-order valence-corrected chi connectivity index (χ3v) is 4.52. The molecule has 1 aromatic carbocycles. The monoisotopic (exact) mass is 343 g/mol. The molecule has 0 unspecified atom stereocenters. The van der Waals surface area contributed by atoms with Gasteiger partial charge in [0.15, 0.2) is 0 Å². The zero-order valence-electron chi connectivity index (χ0n) is 5.24. The standard InChI is InChI=1S/C6H4Br3NO/c7-2-1-3(11)6(10)5(9)4(2)8/h1,11H,10H2. The molecule has 60 valence electrons. The molecule has 0 fully saturated rings. The number of nitrogens with two attached hydrogens (primary N) is 1. The molecule has 0 atom stereocenters. The molecule has 0 amide bonds. The summed E-state index contributed by atoms with van der Waals surface area (Å²) in [5.41, 5.74) is 5.84. The van der Waals surface area contributed by atoms with Crippen LogP contribution in [0.2, 0.25) is 0 Å². The first-order valence-corrected chi connectivity index (χ1v) is 5.04. The van der Waals surface area contributed by atoms with Crippen molar-refractivity contribution in [3.05, 3.63) is 19.5 Å². The van der Waals surface area contributed by atoms with Crippen molar-refractivity contribution in [2.75, 3.05) is 5.73 Å². The second-order valence-electron chi connectivity index (χ2n) is 1.92. The number of benzene rings is 1. The van der Waals surface area contributed by atoms with E-state index in [-0.39, 0.29) is 5.75 Å². The van der Waals surface area contributed by atoms with Gasteiger partial charge in [-0.2, -0.15) is 0 Å². The van der Waals surface area contributed by atoms with Crippen molar-refractivity contribution in [1.82, 2.24) is 0 Å². The van der Waals surface area contributed by atoms with Crippen LogP contribution in [-0.2, 0) is 0 Å². The van der Waals surface area contributed by atoms with Gasteiger partial charge in [0.25, 0.3) is 0 Å². The number of halogens is 3. The molecular formula is C6H4Br3NO. The number of aromatic hydroxyl groups is 1. The summed E-state index contributed by atoms with van der Waals surface area (Å²) in [5, 5.41) is 9.20. The Labute approximate surface area is 89.2 Å². The Kier molecular flexibility index (Phi) is 2.83. The van der Waals surface area contributed by atoms with Gasteiger partial charge in [-0.25, -0.2) is 0 Å². The van der Waals surface area contributed by atoms with Gasteiger partial charge in [-0.1, -0.05) is 0 Å². The highest BCUT2D eigenvalue weighted by Crippen LogP contribution is 2.40. The predicted molar refractivity (Wildman–Crippen MR) is 55.6 cm³/mol. The van der Waals surface area contributed by atoms with Crippen LogP contribution in [0, 0.1) is 0 Å². The van der Waals surface area contributed by atoms with Crippen LogP contribution in [0.4, 0.5) is 5.69 Å². The molecule has 0 heterocycles. The summed E-state index contributed by atoms with van der Waals surface area (Å²) in [6.45, 7) is 0. The Morgan fingerprint density at radius 3 is 2.27 bits per heavy atom. The van der Waals surface area contributed by atoms with Crippen LogP contribution in [0.3, 0.4) is 0 Å². The summed E-state index contributed by atoms with van der Waals surface area (Å²) in [4.78, 5) is 0. The fraction of sp³-hybridized carbons (Fsp3) is 0. The molecule has 0 saturated heterocycles. The fourth-order valence-electron chi connectivity index (χ4n) is 0.597. The minimum absolute atomic E-state index is 0.0620. The van der Waals surface area contributed by atoms with Crippen LogP contribution in [0.15, 0.2) is 19.5 Å². The van der Waals surface area contributed by atoms with E-state index in [0.717, 1.165) is 8.95 Å². The van der Waals surface area contributed by atoms with Crippen molar-refractivity contribution >= 4 is 53.5 Å². The van der Waals surface area contributed by atoms with Crippen molar-refractivity contribution in [2.24, 2.45) is 0 Å². The summed E-state index contributed by atoms with van der Waals surface area (Å²) in [6, 6.07) is 1.53. The first kappa shape index (κ1) is 9.35. The first-order chi connectivity index (χ1) is 5.04. The van der Waals surface area contributed by atoms with Gasteiger partial charge in [0, 0.05) is 8.95 Å². The number of phenolic OH excluding ortho intramolecular Hbond substituents is 1. The highest BCUT2D eigenvalue weighted by Gasteiger charge is 2.09. The van der Waals surface area contributed by atoms with Gasteiger partial charge in [0.2, 0.25) is 0 Å². The van der Waals surface area contributed by atoms with E-state index in [4.69, 9.17) is 5.73 Å². The maximum Gasteiger partial charge on any atom is 0.140 e. The van der Waals surface area contributed by atoms with Crippen LogP contribution in [0.25, 0.3) is 0 Å². The van der Waals surface area contributed by atoms with E-state index >= 15 is 0 Å². The number of phenols is 1.